The minimum atomic E-state index is -0.170. The molecule has 100 valence electrons. The van der Waals surface area contributed by atoms with E-state index in [1.54, 1.807) is 0 Å². The summed E-state index contributed by atoms with van der Waals surface area (Å²) in [6.07, 6.45) is 0.761. The molecule has 0 saturated carbocycles. The third kappa shape index (κ3) is 4.28. The molecule has 1 atom stereocenters. The number of rotatable bonds is 7. The molecule has 0 aliphatic rings. The molecule has 1 aromatic rings. The van der Waals surface area contributed by atoms with Crippen LogP contribution < -0.4 is 10.1 Å². The second kappa shape index (κ2) is 7.58. The Morgan fingerprint density at radius 3 is 2.44 bits per heavy atom. The summed E-state index contributed by atoms with van der Waals surface area (Å²) in [5.41, 5.74) is 0.973. The highest BCUT2D eigenvalue weighted by Crippen LogP contribution is 2.16. The fourth-order valence-electron chi connectivity index (χ4n) is 1.64. The van der Waals surface area contributed by atoms with Crippen molar-refractivity contribution in [3.05, 3.63) is 24.3 Å². The van der Waals surface area contributed by atoms with Crippen molar-refractivity contribution in [2.75, 3.05) is 25.6 Å². The summed E-state index contributed by atoms with van der Waals surface area (Å²) >= 11 is 0. The van der Waals surface area contributed by atoms with E-state index in [1.807, 2.05) is 38.1 Å². The number of benzene rings is 1. The number of hydrogen-bond acceptors (Lipinski definition) is 4. The van der Waals surface area contributed by atoms with Crippen LogP contribution >= 0.6 is 0 Å². The Bertz CT molecular complexity index is 362. The lowest BCUT2D eigenvalue weighted by atomic mass is 10.1. The van der Waals surface area contributed by atoms with E-state index >= 15 is 0 Å². The van der Waals surface area contributed by atoms with Crippen molar-refractivity contribution in [1.29, 1.82) is 0 Å². The van der Waals surface area contributed by atoms with Gasteiger partial charge >= 0.3 is 5.97 Å². The number of esters is 1. The Kier molecular flexibility index (Phi) is 6.05. The van der Waals surface area contributed by atoms with Gasteiger partial charge in [0.05, 0.1) is 19.6 Å². The fourth-order valence-corrected chi connectivity index (χ4v) is 1.64. The summed E-state index contributed by atoms with van der Waals surface area (Å²) in [6, 6.07) is 7.69. The molecule has 0 amide bonds. The molecule has 1 unspecified atom stereocenters. The maximum atomic E-state index is 11.4. The molecule has 0 heterocycles. The summed E-state index contributed by atoms with van der Waals surface area (Å²) in [5, 5.41) is 3.22. The van der Waals surface area contributed by atoms with Crippen molar-refractivity contribution >= 4 is 11.7 Å². The maximum Gasteiger partial charge on any atom is 0.310 e. The number of anilines is 1. The van der Waals surface area contributed by atoms with Gasteiger partial charge in [-0.1, -0.05) is 6.92 Å². The van der Waals surface area contributed by atoms with Gasteiger partial charge in [-0.15, -0.1) is 0 Å². The van der Waals surface area contributed by atoms with Gasteiger partial charge in [-0.25, -0.2) is 0 Å². The highest BCUT2D eigenvalue weighted by atomic mass is 16.5. The summed E-state index contributed by atoms with van der Waals surface area (Å²) in [4.78, 5) is 11.4. The van der Waals surface area contributed by atoms with E-state index in [1.165, 1.54) is 7.11 Å². The molecule has 0 saturated heterocycles. The third-order valence-corrected chi connectivity index (χ3v) is 2.75. The molecule has 0 spiro atoms. The zero-order valence-corrected chi connectivity index (χ0v) is 11.2. The van der Waals surface area contributed by atoms with E-state index in [9.17, 15) is 4.79 Å². The van der Waals surface area contributed by atoms with Gasteiger partial charge in [-0.3, -0.25) is 4.79 Å². The zero-order chi connectivity index (χ0) is 13.4. The van der Waals surface area contributed by atoms with Crippen LogP contribution in [0, 0.1) is 5.92 Å². The van der Waals surface area contributed by atoms with Crippen LogP contribution in [-0.2, 0) is 9.53 Å². The van der Waals surface area contributed by atoms with Gasteiger partial charge in [0.15, 0.2) is 0 Å². The topological polar surface area (TPSA) is 47.6 Å². The van der Waals surface area contributed by atoms with Gasteiger partial charge in [0, 0.05) is 12.2 Å². The van der Waals surface area contributed by atoms with Crippen molar-refractivity contribution in [3.63, 3.8) is 0 Å². The van der Waals surface area contributed by atoms with Crippen molar-refractivity contribution < 1.29 is 14.3 Å². The number of carbonyl (C=O) groups excluding carboxylic acids is 1. The Morgan fingerprint density at radius 2 is 1.94 bits per heavy atom. The van der Waals surface area contributed by atoms with Crippen LogP contribution in [0.1, 0.15) is 20.3 Å². The molecule has 0 bridgehead atoms. The average molecular weight is 251 g/mol. The van der Waals surface area contributed by atoms with Crippen LogP contribution in [0.25, 0.3) is 0 Å². The van der Waals surface area contributed by atoms with Crippen LogP contribution in [0.2, 0.25) is 0 Å². The maximum absolute atomic E-state index is 11.4. The van der Waals surface area contributed by atoms with Crippen LogP contribution in [0.3, 0.4) is 0 Å². The van der Waals surface area contributed by atoms with E-state index in [-0.39, 0.29) is 11.9 Å². The molecule has 0 aromatic heterocycles. The lowest BCUT2D eigenvalue weighted by Gasteiger charge is -2.14. The molecule has 18 heavy (non-hydrogen) atoms. The monoisotopic (exact) mass is 251 g/mol. The third-order valence-electron chi connectivity index (χ3n) is 2.75. The predicted octanol–water partition coefficient (Wildman–Crippen LogP) is 2.70. The molecular formula is C14H21NO3. The fraction of sp³-hybridized carbons (Fsp3) is 0.500. The smallest absolute Gasteiger partial charge is 0.310 e. The minimum Gasteiger partial charge on any atom is -0.494 e. The van der Waals surface area contributed by atoms with E-state index in [4.69, 9.17) is 9.47 Å². The van der Waals surface area contributed by atoms with Gasteiger partial charge in [0.2, 0.25) is 0 Å². The molecule has 0 aliphatic carbocycles. The summed E-state index contributed by atoms with van der Waals surface area (Å²) in [7, 11) is 1.42. The van der Waals surface area contributed by atoms with Gasteiger partial charge in [0.25, 0.3) is 0 Å². The van der Waals surface area contributed by atoms with Gasteiger partial charge in [-0.2, -0.15) is 0 Å². The van der Waals surface area contributed by atoms with E-state index < -0.39 is 0 Å². The Balaban J connectivity index is 2.49. The quantitative estimate of drug-likeness (QED) is 0.757. The molecule has 0 aliphatic heterocycles. The van der Waals surface area contributed by atoms with Crippen LogP contribution in [0.5, 0.6) is 5.75 Å². The molecular weight excluding hydrogens is 230 g/mol. The first-order valence-electron chi connectivity index (χ1n) is 6.25. The molecule has 4 nitrogen and oxygen atoms in total. The highest BCUT2D eigenvalue weighted by molar-refractivity contribution is 5.73. The predicted molar refractivity (Wildman–Crippen MR) is 71.9 cm³/mol. The summed E-state index contributed by atoms with van der Waals surface area (Å²) < 4.78 is 10.1. The zero-order valence-electron chi connectivity index (χ0n) is 11.2. The Labute approximate surface area is 108 Å². The largest absolute Gasteiger partial charge is 0.494 e. The van der Waals surface area contributed by atoms with Crippen molar-refractivity contribution in [1.82, 2.24) is 0 Å². The first-order chi connectivity index (χ1) is 8.71. The van der Waals surface area contributed by atoms with E-state index in [2.05, 4.69) is 5.32 Å². The van der Waals surface area contributed by atoms with Gasteiger partial charge < -0.3 is 14.8 Å². The minimum absolute atomic E-state index is 0.110. The van der Waals surface area contributed by atoms with E-state index in [0.29, 0.717) is 13.2 Å². The molecule has 4 heteroatoms. The highest BCUT2D eigenvalue weighted by Gasteiger charge is 2.16. The second-order valence-electron chi connectivity index (χ2n) is 3.97. The normalized spacial score (nSPS) is 11.7. The van der Waals surface area contributed by atoms with Crippen molar-refractivity contribution in [2.24, 2.45) is 5.92 Å². The molecule has 0 radical (unpaired) electrons. The van der Waals surface area contributed by atoms with Gasteiger partial charge in [0.1, 0.15) is 5.75 Å². The van der Waals surface area contributed by atoms with Gasteiger partial charge in [-0.05, 0) is 37.6 Å². The molecule has 1 rings (SSSR count). The molecule has 0 fully saturated rings. The lowest BCUT2D eigenvalue weighted by Crippen LogP contribution is -2.23. The average Bonchev–Trinajstić information content (AvgIpc) is 2.41. The van der Waals surface area contributed by atoms with Crippen LogP contribution in [0.15, 0.2) is 24.3 Å². The summed E-state index contributed by atoms with van der Waals surface area (Å²) in [5.74, 6) is 0.570. The number of methoxy groups -OCH3 is 1. The number of carbonyl (C=O) groups is 1. The van der Waals surface area contributed by atoms with Crippen molar-refractivity contribution in [3.8, 4) is 5.75 Å². The SMILES string of the molecule is CCOc1ccc(NCC(CC)C(=O)OC)cc1. The Morgan fingerprint density at radius 1 is 1.28 bits per heavy atom. The first kappa shape index (κ1) is 14.4. The number of nitrogens with one attached hydrogen (secondary N) is 1. The standard InChI is InChI=1S/C14H21NO3/c1-4-11(14(16)17-3)10-15-12-6-8-13(9-7-12)18-5-2/h6-9,11,15H,4-5,10H2,1-3H3. The second-order valence-corrected chi connectivity index (χ2v) is 3.97. The summed E-state index contributed by atoms with van der Waals surface area (Å²) in [6.45, 7) is 5.17. The van der Waals surface area contributed by atoms with Crippen molar-refractivity contribution in [2.45, 2.75) is 20.3 Å². The number of hydrogen-bond donors (Lipinski definition) is 1. The molecule has 1 aromatic carbocycles. The van der Waals surface area contributed by atoms with E-state index in [0.717, 1.165) is 17.9 Å². The molecule has 1 N–H and O–H groups in total. The van der Waals surface area contributed by atoms with Crippen LogP contribution in [-0.4, -0.2) is 26.2 Å². The Hall–Kier alpha value is -1.71. The number of ether oxygens (including phenoxy) is 2. The first-order valence-corrected chi connectivity index (χ1v) is 6.25. The lowest BCUT2D eigenvalue weighted by molar-refractivity contribution is -0.145. The van der Waals surface area contributed by atoms with Crippen LogP contribution in [0.4, 0.5) is 5.69 Å².